The lowest BCUT2D eigenvalue weighted by atomic mass is 9.33. The summed E-state index contributed by atoms with van der Waals surface area (Å²) in [6.45, 7) is 37.8. The summed E-state index contributed by atoms with van der Waals surface area (Å²) in [5.74, 6) is 0. The van der Waals surface area contributed by atoms with Crippen molar-refractivity contribution in [2.75, 3.05) is 0 Å². The van der Waals surface area contributed by atoms with Gasteiger partial charge in [0.1, 0.15) is 0 Å². The third-order valence-corrected chi connectivity index (χ3v) is 15.8. The maximum atomic E-state index is 2.74. The van der Waals surface area contributed by atoms with Gasteiger partial charge in [-0.3, -0.25) is 0 Å². The smallest absolute Gasteiger partial charge is 0.252 e. The van der Waals surface area contributed by atoms with Crippen molar-refractivity contribution >= 4 is 99.0 Å². The van der Waals surface area contributed by atoms with Crippen molar-refractivity contribution in [3.63, 3.8) is 0 Å². The fourth-order valence-corrected chi connectivity index (χ4v) is 12.0. The SMILES string of the molecule is Cc1ccc2c3cc(C(C)(C)C)ccc3c3cc4c5c(c3c2c1)-n1c2ccc(C(C)(C)C)cc2c2cc(C(C)(C)C)cc(c21)B5c1cc(C(C)(C)C)cc2c3cc(C(C)(C)C)ccc3n-4c12. The third-order valence-electron chi connectivity index (χ3n) is 15.8. The van der Waals surface area contributed by atoms with E-state index in [0.29, 0.717) is 0 Å². The minimum absolute atomic E-state index is 0.00544. The molecule has 330 valence electrons. The van der Waals surface area contributed by atoms with Crippen LogP contribution in [0.15, 0.2) is 103 Å². The molecule has 0 radical (unpaired) electrons. The molecule has 0 amide bonds. The Labute approximate surface area is 392 Å². The van der Waals surface area contributed by atoms with Crippen LogP contribution in [0.4, 0.5) is 0 Å². The highest BCUT2D eigenvalue weighted by molar-refractivity contribution is 7.00. The van der Waals surface area contributed by atoms with Crippen molar-refractivity contribution in [2.24, 2.45) is 0 Å². The summed E-state index contributed by atoms with van der Waals surface area (Å²) in [7, 11) is 0. The molecule has 2 aliphatic heterocycles. The first-order valence-electron chi connectivity index (χ1n) is 24.5. The summed E-state index contributed by atoms with van der Waals surface area (Å²) in [6.07, 6.45) is 0. The number of hydrogen-bond acceptors (Lipinski definition) is 0. The number of nitrogens with zero attached hydrogens (tertiary/aromatic N) is 2. The van der Waals surface area contributed by atoms with Crippen LogP contribution in [0.3, 0.4) is 0 Å². The van der Waals surface area contributed by atoms with Gasteiger partial charge in [-0.25, -0.2) is 0 Å². The Hall–Kier alpha value is -5.80. The number of aryl methyl sites for hydroxylation is 1. The summed E-state index contributed by atoms with van der Waals surface area (Å²) in [4.78, 5) is 0. The summed E-state index contributed by atoms with van der Waals surface area (Å²) < 4.78 is 5.44. The molecule has 0 fully saturated rings. The first kappa shape index (κ1) is 41.6. The van der Waals surface area contributed by atoms with Crippen molar-refractivity contribution < 1.29 is 0 Å². The largest absolute Gasteiger partial charge is 0.310 e. The average molecular weight is 861 g/mol. The summed E-state index contributed by atoms with van der Waals surface area (Å²) in [6, 6.07) is 42.3. The predicted molar refractivity (Wildman–Crippen MR) is 291 cm³/mol. The Morgan fingerprint density at radius 1 is 0.348 bits per heavy atom. The van der Waals surface area contributed by atoms with Gasteiger partial charge in [-0.15, -0.1) is 0 Å². The molecular formula is C63H65BN2. The number of benzene rings is 8. The minimum Gasteiger partial charge on any atom is -0.310 e. The fourth-order valence-electron chi connectivity index (χ4n) is 12.0. The van der Waals surface area contributed by atoms with Crippen molar-refractivity contribution in [2.45, 2.75) is 138 Å². The van der Waals surface area contributed by atoms with Crippen molar-refractivity contribution in [3.05, 3.63) is 137 Å². The third kappa shape index (κ3) is 5.61. The maximum absolute atomic E-state index is 2.74. The highest BCUT2D eigenvalue weighted by Crippen LogP contribution is 2.48. The molecule has 2 aromatic heterocycles. The molecule has 0 atom stereocenters. The van der Waals surface area contributed by atoms with Crippen LogP contribution in [0.2, 0.25) is 0 Å². The lowest BCUT2D eigenvalue weighted by molar-refractivity contribution is 0.590. The summed E-state index contributed by atoms with van der Waals surface area (Å²) in [5, 5.41) is 13.4. The number of aromatic nitrogens is 2. The van der Waals surface area contributed by atoms with Crippen molar-refractivity contribution in [1.82, 2.24) is 9.13 Å². The molecule has 0 spiro atoms. The van der Waals surface area contributed by atoms with Crippen LogP contribution >= 0.6 is 0 Å². The molecule has 0 bridgehead atoms. The van der Waals surface area contributed by atoms with E-state index < -0.39 is 0 Å². The van der Waals surface area contributed by atoms with E-state index in [-0.39, 0.29) is 33.8 Å². The minimum atomic E-state index is -0.0543. The number of fused-ring (bicyclic) bond motifs is 17. The molecular weight excluding hydrogens is 796 g/mol. The normalized spacial score (nSPS) is 14.3. The molecule has 0 N–H and O–H groups in total. The van der Waals surface area contributed by atoms with Crippen LogP contribution in [0, 0.1) is 6.92 Å². The van der Waals surface area contributed by atoms with Crippen LogP contribution in [0.25, 0.3) is 87.3 Å². The van der Waals surface area contributed by atoms with E-state index in [9.17, 15) is 0 Å². The zero-order valence-corrected chi connectivity index (χ0v) is 42.3. The topological polar surface area (TPSA) is 9.86 Å². The molecule has 4 heterocycles. The average Bonchev–Trinajstić information content (AvgIpc) is 3.74. The van der Waals surface area contributed by atoms with E-state index in [1.165, 1.54) is 137 Å². The van der Waals surface area contributed by atoms with Crippen LogP contribution < -0.4 is 16.4 Å². The van der Waals surface area contributed by atoms with Crippen molar-refractivity contribution in [3.8, 4) is 11.4 Å². The van der Waals surface area contributed by atoms with Gasteiger partial charge in [0.15, 0.2) is 0 Å². The van der Waals surface area contributed by atoms with Gasteiger partial charge in [-0.1, -0.05) is 164 Å². The Morgan fingerprint density at radius 2 is 0.758 bits per heavy atom. The van der Waals surface area contributed by atoms with Gasteiger partial charge in [0.2, 0.25) is 0 Å². The maximum Gasteiger partial charge on any atom is 0.252 e. The zero-order chi connectivity index (χ0) is 46.7. The highest BCUT2D eigenvalue weighted by atomic mass is 15.0. The molecule has 0 saturated heterocycles. The molecule has 3 heteroatoms. The quantitative estimate of drug-likeness (QED) is 0.106. The molecule has 0 saturated carbocycles. The second-order valence-electron chi connectivity index (χ2n) is 25.6. The zero-order valence-electron chi connectivity index (χ0n) is 42.3. The molecule has 2 nitrogen and oxygen atoms in total. The molecule has 2 aliphatic rings. The van der Waals surface area contributed by atoms with E-state index >= 15 is 0 Å². The Balaban J connectivity index is 1.40. The van der Waals surface area contributed by atoms with E-state index in [2.05, 4.69) is 223 Å². The number of hydrogen-bond donors (Lipinski definition) is 0. The standard InChI is InChI=1S/C63H65BN2/c1-34-17-21-40-42-26-35(59(2,3)4)18-22-41(42)46-33-53-55-58(54(46)45(40)25-34)66-52-24-20-37(61(8,9)10)28-44(52)48-30-39(63(14,15)16)32-50(57(48)66)64(55)49-31-38(62(11,12)13)29-47-43-27-36(60(5,6)7)19-23-51(43)65(53)56(47)49/h17-33H,1-16H3. The van der Waals surface area contributed by atoms with E-state index in [4.69, 9.17) is 0 Å². The van der Waals surface area contributed by atoms with E-state index in [1.807, 2.05) is 0 Å². The van der Waals surface area contributed by atoms with Gasteiger partial charge in [-0.2, -0.15) is 0 Å². The van der Waals surface area contributed by atoms with Crippen LogP contribution in [0.1, 0.15) is 137 Å². The summed E-state index contributed by atoms with van der Waals surface area (Å²) in [5.41, 5.74) is 20.3. The Morgan fingerprint density at radius 3 is 1.26 bits per heavy atom. The van der Waals surface area contributed by atoms with E-state index in [0.717, 1.165) is 0 Å². The second kappa shape index (κ2) is 12.8. The first-order chi connectivity index (χ1) is 30.8. The van der Waals surface area contributed by atoms with Gasteiger partial charge in [0, 0.05) is 43.7 Å². The van der Waals surface area contributed by atoms with Gasteiger partial charge in [0.05, 0.1) is 16.7 Å². The van der Waals surface area contributed by atoms with Gasteiger partial charge in [0.25, 0.3) is 6.71 Å². The van der Waals surface area contributed by atoms with E-state index in [1.54, 1.807) is 0 Å². The summed E-state index contributed by atoms with van der Waals surface area (Å²) >= 11 is 0. The van der Waals surface area contributed by atoms with Crippen LogP contribution in [-0.2, 0) is 27.1 Å². The lowest BCUT2D eigenvalue weighted by Crippen LogP contribution is -2.59. The highest BCUT2D eigenvalue weighted by Gasteiger charge is 2.44. The van der Waals surface area contributed by atoms with Crippen LogP contribution in [-0.4, -0.2) is 15.8 Å². The van der Waals surface area contributed by atoms with Gasteiger partial charge in [-0.05, 0) is 154 Å². The fraction of sp³-hybridized carbons (Fsp3) is 0.333. The monoisotopic (exact) mass is 861 g/mol. The van der Waals surface area contributed by atoms with Crippen molar-refractivity contribution in [1.29, 1.82) is 0 Å². The second-order valence-corrected chi connectivity index (χ2v) is 25.6. The lowest BCUT2D eigenvalue weighted by Gasteiger charge is -2.36. The Bertz CT molecular complexity index is 3830. The van der Waals surface area contributed by atoms with Crippen LogP contribution in [0.5, 0.6) is 0 Å². The molecule has 66 heavy (non-hydrogen) atoms. The van der Waals surface area contributed by atoms with Gasteiger partial charge >= 0.3 is 0 Å². The molecule has 8 aromatic carbocycles. The van der Waals surface area contributed by atoms with Gasteiger partial charge < -0.3 is 9.13 Å². The molecule has 0 aliphatic carbocycles. The molecule has 0 unspecified atom stereocenters. The Kier molecular flexibility index (Phi) is 8.07. The predicted octanol–water partition coefficient (Wildman–Crippen LogP) is 15.3. The first-order valence-corrected chi connectivity index (χ1v) is 24.5. The molecule has 10 aromatic rings. The number of rotatable bonds is 0. The molecule has 12 rings (SSSR count).